The average Bonchev–Trinajstić information content (AvgIpc) is 3.20. The summed E-state index contributed by atoms with van der Waals surface area (Å²) in [7, 11) is 1.68. The van der Waals surface area contributed by atoms with Crippen LogP contribution in [0.3, 0.4) is 0 Å². The summed E-state index contributed by atoms with van der Waals surface area (Å²) in [6.45, 7) is 7.66. The molecule has 0 spiro atoms. The lowest BCUT2D eigenvalue weighted by atomic mass is 10.1. The molecule has 1 unspecified atom stereocenters. The zero-order chi connectivity index (χ0) is 18.9. The van der Waals surface area contributed by atoms with E-state index < -0.39 is 0 Å². The fourth-order valence-corrected chi connectivity index (χ4v) is 2.45. The van der Waals surface area contributed by atoms with Gasteiger partial charge < -0.3 is 25.3 Å². The van der Waals surface area contributed by atoms with Crippen LogP contribution in [0.25, 0.3) is 0 Å². The molecular formula is C20H36N2O3. The second kappa shape index (κ2) is 16.1. The van der Waals surface area contributed by atoms with Crippen LogP contribution in [0.5, 0.6) is 0 Å². The summed E-state index contributed by atoms with van der Waals surface area (Å²) in [6, 6.07) is 7.46. The van der Waals surface area contributed by atoms with Crippen molar-refractivity contribution in [3.05, 3.63) is 29.8 Å². The van der Waals surface area contributed by atoms with Gasteiger partial charge in [0, 0.05) is 25.9 Å². The third-order valence-corrected chi connectivity index (χ3v) is 3.84. The Bertz CT molecular complexity index is 433. The number of para-hydroxylation sites is 1. The van der Waals surface area contributed by atoms with Crippen LogP contribution >= 0.6 is 0 Å². The number of nitrogens with one attached hydrogen (secondary N) is 1. The summed E-state index contributed by atoms with van der Waals surface area (Å²) in [5, 5.41) is 3.20. The van der Waals surface area contributed by atoms with Crippen LogP contribution in [0, 0.1) is 0 Å². The third kappa shape index (κ3) is 10.2. The number of ether oxygens (including phenoxy) is 2. The first-order chi connectivity index (χ1) is 12.2. The van der Waals surface area contributed by atoms with Crippen LogP contribution in [-0.2, 0) is 20.8 Å². The van der Waals surface area contributed by atoms with E-state index in [1.54, 1.807) is 7.11 Å². The molecule has 25 heavy (non-hydrogen) atoms. The standard InChI is InChI=1S/C15H22N2O2.C3H8O.C2H6/c16-9-12-5-1-4-8-15(12)17-13(10-18)11-19-14-6-2-3-7-14;1-3-4-2;1-2/h1,4-5,8,10,13-14,17H,2-3,6-7,9,11,16H2;3H2,1-2H3;1-2H3. The van der Waals surface area contributed by atoms with Crippen molar-refractivity contribution in [2.24, 2.45) is 5.73 Å². The number of hydrogen-bond donors (Lipinski definition) is 2. The van der Waals surface area contributed by atoms with Crippen molar-refractivity contribution in [2.45, 2.75) is 65.1 Å². The minimum Gasteiger partial charge on any atom is -0.385 e. The SMILES string of the molecule is CC.CCOC.NCc1ccccc1NC(C=O)COC1CCCC1. The lowest BCUT2D eigenvalue weighted by molar-refractivity contribution is -0.110. The molecule has 0 amide bonds. The molecule has 1 atom stereocenters. The highest BCUT2D eigenvalue weighted by molar-refractivity contribution is 5.66. The van der Waals surface area contributed by atoms with Gasteiger partial charge >= 0.3 is 0 Å². The molecule has 1 aliphatic rings. The van der Waals surface area contributed by atoms with E-state index in [9.17, 15) is 4.79 Å². The smallest absolute Gasteiger partial charge is 0.144 e. The fraction of sp³-hybridized carbons (Fsp3) is 0.650. The first-order valence-corrected chi connectivity index (χ1v) is 9.35. The van der Waals surface area contributed by atoms with Crippen molar-refractivity contribution in [3.8, 4) is 0 Å². The molecule has 1 aromatic carbocycles. The van der Waals surface area contributed by atoms with Crippen LogP contribution < -0.4 is 11.1 Å². The summed E-state index contributed by atoms with van der Waals surface area (Å²) in [4.78, 5) is 11.1. The fourth-order valence-electron chi connectivity index (χ4n) is 2.45. The van der Waals surface area contributed by atoms with Gasteiger partial charge in [-0.1, -0.05) is 44.9 Å². The molecule has 0 saturated heterocycles. The molecule has 1 saturated carbocycles. The molecule has 1 fully saturated rings. The number of nitrogens with two attached hydrogens (primary N) is 1. The molecule has 144 valence electrons. The van der Waals surface area contributed by atoms with Crippen LogP contribution in [0.1, 0.15) is 52.0 Å². The molecular weight excluding hydrogens is 316 g/mol. The largest absolute Gasteiger partial charge is 0.385 e. The Kier molecular flexibility index (Phi) is 15.1. The zero-order valence-electron chi connectivity index (χ0n) is 16.3. The first kappa shape index (κ1) is 23.6. The molecule has 0 aromatic heterocycles. The quantitative estimate of drug-likeness (QED) is 0.697. The number of carbonyl (C=O) groups is 1. The molecule has 5 nitrogen and oxygen atoms in total. The highest BCUT2D eigenvalue weighted by Crippen LogP contribution is 2.21. The second-order valence-electron chi connectivity index (χ2n) is 5.57. The van der Waals surface area contributed by atoms with Gasteiger partial charge in [-0.05, 0) is 31.4 Å². The molecule has 1 aliphatic carbocycles. The van der Waals surface area contributed by atoms with Gasteiger partial charge in [-0.15, -0.1) is 0 Å². The Balaban J connectivity index is 0.000000845. The third-order valence-electron chi connectivity index (χ3n) is 3.84. The Morgan fingerprint density at radius 1 is 1.28 bits per heavy atom. The molecule has 3 N–H and O–H groups in total. The van der Waals surface area contributed by atoms with E-state index in [1.165, 1.54) is 12.8 Å². The minimum absolute atomic E-state index is 0.312. The molecule has 2 rings (SSSR count). The van der Waals surface area contributed by atoms with Crippen molar-refractivity contribution in [2.75, 3.05) is 25.6 Å². The van der Waals surface area contributed by atoms with Crippen molar-refractivity contribution < 1.29 is 14.3 Å². The van der Waals surface area contributed by atoms with Gasteiger partial charge in [0.25, 0.3) is 0 Å². The minimum atomic E-state index is -0.312. The van der Waals surface area contributed by atoms with Gasteiger partial charge in [-0.2, -0.15) is 0 Å². The highest BCUT2D eigenvalue weighted by Gasteiger charge is 2.17. The number of benzene rings is 1. The number of rotatable bonds is 8. The maximum absolute atomic E-state index is 11.1. The van der Waals surface area contributed by atoms with Gasteiger partial charge in [0.15, 0.2) is 0 Å². The number of hydrogen-bond acceptors (Lipinski definition) is 5. The molecule has 0 heterocycles. The van der Waals surface area contributed by atoms with E-state index in [0.717, 1.165) is 37.0 Å². The Hall–Kier alpha value is -1.43. The number of aldehydes is 1. The van der Waals surface area contributed by atoms with Gasteiger partial charge in [-0.25, -0.2) is 0 Å². The second-order valence-corrected chi connectivity index (χ2v) is 5.57. The van der Waals surface area contributed by atoms with Crippen molar-refractivity contribution >= 4 is 12.0 Å². The summed E-state index contributed by atoms with van der Waals surface area (Å²) in [5.41, 5.74) is 7.61. The van der Waals surface area contributed by atoms with E-state index in [1.807, 2.05) is 45.0 Å². The molecule has 0 bridgehead atoms. The van der Waals surface area contributed by atoms with E-state index in [4.69, 9.17) is 10.5 Å². The topological polar surface area (TPSA) is 73.6 Å². The van der Waals surface area contributed by atoms with E-state index >= 15 is 0 Å². The van der Waals surface area contributed by atoms with Crippen LogP contribution in [0.4, 0.5) is 5.69 Å². The van der Waals surface area contributed by atoms with Crippen LogP contribution in [0.15, 0.2) is 24.3 Å². The molecule has 1 aromatic rings. The van der Waals surface area contributed by atoms with Gasteiger partial charge in [0.2, 0.25) is 0 Å². The van der Waals surface area contributed by atoms with E-state index in [2.05, 4.69) is 10.1 Å². The maximum Gasteiger partial charge on any atom is 0.144 e. The normalized spacial score (nSPS) is 14.6. The van der Waals surface area contributed by atoms with Crippen LogP contribution in [-0.4, -0.2) is 38.8 Å². The van der Waals surface area contributed by atoms with Gasteiger partial charge in [0.05, 0.1) is 12.7 Å². The van der Waals surface area contributed by atoms with Crippen molar-refractivity contribution in [3.63, 3.8) is 0 Å². The predicted molar refractivity (Wildman–Crippen MR) is 105 cm³/mol. The van der Waals surface area contributed by atoms with Gasteiger partial charge in [0.1, 0.15) is 12.3 Å². The average molecular weight is 353 g/mol. The molecule has 0 aliphatic heterocycles. The highest BCUT2D eigenvalue weighted by atomic mass is 16.5. The lowest BCUT2D eigenvalue weighted by Crippen LogP contribution is -2.29. The molecule has 5 heteroatoms. The lowest BCUT2D eigenvalue weighted by Gasteiger charge is -2.19. The monoisotopic (exact) mass is 352 g/mol. The number of carbonyl (C=O) groups excluding carboxylic acids is 1. The van der Waals surface area contributed by atoms with E-state index in [-0.39, 0.29) is 6.04 Å². The predicted octanol–water partition coefficient (Wildman–Crippen LogP) is 3.76. The Morgan fingerprint density at radius 3 is 2.40 bits per heavy atom. The summed E-state index contributed by atoms with van der Waals surface area (Å²) >= 11 is 0. The number of methoxy groups -OCH3 is 1. The van der Waals surface area contributed by atoms with Gasteiger partial charge in [-0.3, -0.25) is 0 Å². The Labute approximate surface area is 153 Å². The summed E-state index contributed by atoms with van der Waals surface area (Å²) in [6.07, 6.45) is 5.94. The van der Waals surface area contributed by atoms with Crippen molar-refractivity contribution in [1.82, 2.24) is 0 Å². The van der Waals surface area contributed by atoms with E-state index in [0.29, 0.717) is 19.3 Å². The summed E-state index contributed by atoms with van der Waals surface area (Å²) < 4.78 is 10.3. The number of anilines is 1. The zero-order valence-corrected chi connectivity index (χ0v) is 16.3. The first-order valence-electron chi connectivity index (χ1n) is 9.35. The summed E-state index contributed by atoms with van der Waals surface area (Å²) in [5.74, 6) is 0. The van der Waals surface area contributed by atoms with Crippen LogP contribution in [0.2, 0.25) is 0 Å². The molecule has 0 radical (unpaired) electrons. The Morgan fingerprint density at radius 2 is 1.88 bits per heavy atom. The van der Waals surface area contributed by atoms with Crippen molar-refractivity contribution in [1.29, 1.82) is 0 Å². The maximum atomic E-state index is 11.1.